The van der Waals surface area contributed by atoms with Crippen LogP contribution in [0.25, 0.3) is 0 Å². The predicted octanol–water partition coefficient (Wildman–Crippen LogP) is 2.30. The molecule has 2 aliphatic rings. The minimum Gasteiger partial charge on any atom is -0.483 e. The summed E-state index contributed by atoms with van der Waals surface area (Å²) in [7, 11) is 0. The highest BCUT2D eigenvalue weighted by molar-refractivity contribution is 5.92. The Labute approximate surface area is 116 Å². The van der Waals surface area contributed by atoms with Crippen LogP contribution in [-0.2, 0) is 15.9 Å². The van der Waals surface area contributed by atoms with Crippen molar-refractivity contribution < 1.29 is 23.4 Å². The van der Waals surface area contributed by atoms with Gasteiger partial charge in [-0.15, -0.1) is 0 Å². The van der Waals surface area contributed by atoms with Crippen LogP contribution in [0.3, 0.4) is 0 Å². The first-order valence-electron chi connectivity index (χ1n) is 6.86. The van der Waals surface area contributed by atoms with Crippen LogP contribution in [0.4, 0.5) is 4.39 Å². The highest BCUT2D eigenvalue weighted by atomic mass is 19.1. The second-order valence-electron chi connectivity index (χ2n) is 5.14. The molecule has 0 amide bonds. The van der Waals surface area contributed by atoms with E-state index >= 15 is 0 Å². The molecule has 1 aromatic carbocycles. The number of halogens is 1. The Bertz CT molecular complexity index is 531. The lowest BCUT2D eigenvalue weighted by atomic mass is 9.86. The van der Waals surface area contributed by atoms with Crippen molar-refractivity contribution in [2.75, 3.05) is 19.8 Å². The van der Waals surface area contributed by atoms with E-state index in [0.29, 0.717) is 37.4 Å². The Morgan fingerprint density at radius 2 is 2.40 bits per heavy atom. The summed E-state index contributed by atoms with van der Waals surface area (Å²) in [5, 5.41) is 0. The van der Waals surface area contributed by atoms with E-state index in [-0.39, 0.29) is 12.6 Å². The third kappa shape index (κ3) is 2.06. The first-order valence-corrected chi connectivity index (χ1v) is 6.86. The van der Waals surface area contributed by atoms with Crippen LogP contribution < -0.4 is 4.74 Å². The second-order valence-corrected chi connectivity index (χ2v) is 5.14. The van der Waals surface area contributed by atoms with Gasteiger partial charge in [0.15, 0.2) is 6.17 Å². The highest BCUT2D eigenvalue weighted by Gasteiger charge is 2.49. The maximum atomic E-state index is 14.2. The van der Waals surface area contributed by atoms with Crippen LogP contribution >= 0.6 is 0 Å². The minimum absolute atomic E-state index is 0.0444. The van der Waals surface area contributed by atoms with Crippen molar-refractivity contribution in [1.29, 1.82) is 0 Å². The van der Waals surface area contributed by atoms with Gasteiger partial charge in [0.2, 0.25) is 0 Å². The van der Waals surface area contributed by atoms with Crippen molar-refractivity contribution in [2.24, 2.45) is 0 Å². The first kappa shape index (κ1) is 13.4. The molecule has 5 heteroatoms. The van der Waals surface area contributed by atoms with Crippen LogP contribution in [0.1, 0.15) is 29.3 Å². The number of carbonyl (C=O) groups excluding carboxylic acids is 1. The minimum atomic E-state index is -1.18. The van der Waals surface area contributed by atoms with Crippen LogP contribution in [0.2, 0.25) is 0 Å². The average molecular weight is 280 g/mol. The maximum Gasteiger partial charge on any atom is 0.338 e. The van der Waals surface area contributed by atoms with Gasteiger partial charge >= 0.3 is 5.97 Å². The molecule has 0 N–H and O–H groups in total. The van der Waals surface area contributed by atoms with Gasteiger partial charge in [0.25, 0.3) is 0 Å². The molecule has 4 nitrogen and oxygen atoms in total. The van der Waals surface area contributed by atoms with Crippen molar-refractivity contribution >= 4 is 5.97 Å². The van der Waals surface area contributed by atoms with E-state index in [1.165, 1.54) is 0 Å². The number of benzene rings is 1. The number of alkyl halides is 1. The van der Waals surface area contributed by atoms with Crippen LogP contribution in [0.5, 0.6) is 5.75 Å². The van der Waals surface area contributed by atoms with E-state index in [1.807, 2.05) is 0 Å². The Morgan fingerprint density at radius 1 is 1.55 bits per heavy atom. The molecule has 2 heterocycles. The summed E-state index contributed by atoms with van der Waals surface area (Å²) >= 11 is 0. The van der Waals surface area contributed by atoms with E-state index < -0.39 is 11.8 Å². The molecular formula is C15H17FO4. The fourth-order valence-electron chi connectivity index (χ4n) is 2.85. The standard InChI is InChI=1S/C15H17FO4/c1-2-19-14(17)10-4-3-5-12-11(10)8-15(20-12)6-7-18-9-13(15)16/h3-5,13H,2,6-9H2,1H3. The molecule has 0 aliphatic carbocycles. The molecule has 0 saturated carbocycles. The molecular weight excluding hydrogens is 263 g/mol. The van der Waals surface area contributed by atoms with Crippen LogP contribution in [0, 0.1) is 0 Å². The quantitative estimate of drug-likeness (QED) is 0.780. The van der Waals surface area contributed by atoms with Gasteiger partial charge in [-0.1, -0.05) is 6.07 Å². The molecule has 1 spiro atoms. The maximum absolute atomic E-state index is 14.2. The smallest absolute Gasteiger partial charge is 0.338 e. The van der Waals surface area contributed by atoms with E-state index in [9.17, 15) is 9.18 Å². The van der Waals surface area contributed by atoms with Gasteiger partial charge < -0.3 is 14.2 Å². The van der Waals surface area contributed by atoms with Crippen molar-refractivity contribution in [3.8, 4) is 5.75 Å². The normalized spacial score (nSPS) is 28.0. The molecule has 1 aromatic rings. The molecule has 1 saturated heterocycles. The third-order valence-electron chi connectivity index (χ3n) is 3.92. The summed E-state index contributed by atoms with van der Waals surface area (Å²) in [6.45, 7) is 2.59. The highest BCUT2D eigenvalue weighted by Crippen LogP contribution is 2.43. The van der Waals surface area contributed by atoms with Crippen molar-refractivity contribution in [1.82, 2.24) is 0 Å². The topological polar surface area (TPSA) is 44.8 Å². The molecule has 0 aromatic heterocycles. The Morgan fingerprint density at radius 3 is 3.15 bits per heavy atom. The van der Waals surface area contributed by atoms with Gasteiger partial charge in [-0.05, 0) is 19.1 Å². The van der Waals surface area contributed by atoms with Gasteiger partial charge in [0, 0.05) is 18.4 Å². The molecule has 2 aliphatic heterocycles. The lowest BCUT2D eigenvalue weighted by molar-refractivity contribution is -0.0954. The molecule has 3 rings (SSSR count). The summed E-state index contributed by atoms with van der Waals surface area (Å²) in [4.78, 5) is 12.0. The Kier molecular flexibility index (Phi) is 3.38. The number of hydrogen-bond donors (Lipinski definition) is 0. The summed E-state index contributed by atoms with van der Waals surface area (Å²) in [6, 6.07) is 5.21. The molecule has 108 valence electrons. The zero-order valence-corrected chi connectivity index (χ0v) is 11.4. The van der Waals surface area contributed by atoms with Crippen molar-refractivity contribution in [2.45, 2.75) is 31.5 Å². The zero-order valence-electron chi connectivity index (χ0n) is 11.4. The monoisotopic (exact) mass is 280 g/mol. The number of hydrogen-bond acceptors (Lipinski definition) is 4. The number of esters is 1. The molecule has 20 heavy (non-hydrogen) atoms. The van der Waals surface area contributed by atoms with Crippen molar-refractivity contribution in [3.63, 3.8) is 0 Å². The number of rotatable bonds is 2. The van der Waals surface area contributed by atoms with Gasteiger partial charge in [-0.25, -0.2) is 9.18 Å². The zero-order chi connectivity index (χ0) is 14.2. The van der Waals surface area contributed by atoms with Crippen LogP contribution in [0.15, 0.2) is 18.2 Å². The largest absolute Gasteiger partial charge is 0.483 e. The van der Waals surface area contributed by atoms with E-state index in [4.69, 9.17) is 14.2 Å². The second kappa shape index (κ2) is 5.05. The fraction of sp³-hybridized carbons (Fsp3) is 0.533. The molecule has 0 bridgehead atoms. The van der Waals surface area contributed by atoms with Gasteiger partial charge in [0.05, 0.1) is 25.4 Å². The Balaban J connectivity index is 1.93. The molecule has 2 unspecified atom stereocenters. The van der Waals surface area contributed by atoms with Gasteiger partial charge in [0.1, 0.15) is 11.4 Å². The van der Waals surface area contributed by atoms with E-state index in [1.54, 1.807) is 25.1 Å². The summed E-state index contributed by atoms with van der Waals surface area (Å²) < 4.78 is 30.3. The summed E-state index contributed by atoms with van der Waals surface area (Å²) in [5.41, 5.74) is 0.332. The van der Waals surface area contributed by atoms with Crippen LogP contribution in [-0.4, -0.2) is 37.6 Å². The Hall–Kier alpha value is -1.62. The number of ether oxygens (including phenoxy) is 3. The third-order valence-corrected chi connectivity index (χ3v) is 3.92. The number of carbonyl (C=O) groups is 1. The number of fused-ring (bicyclic) bond motifs is 1. The van der Waals surface area contributed by atoms with Gasteiger partial charge in [-0.2, -0.15) is 0 Å². The lowest BCUT2D eigenvalue weighted by Crippen LogP contribution is -2.50. The molecule has 0 radical (unpaired) electrons. The van der Waals surface area contributed by atoms with Gasteiger partial charge in [-0.3, -0.25) is 0 Å². The molecule has 1 fully saturated rings. The van der Waals surface area contributed by atoms with Crippen molar-refractivity contribution in [3.05, 3.63) is 29.3 Å². The fourth-order valence-corrected chi connectivity index (χ4v) is 2.85. The van der Waals surface area contributed by atoms with E-state index in [0.717, 1.165) is 5.56 Å². The summed E-state index contributed by atoms with van der Waals surface area (Å²) in [6.07, 6.45) is -0.300. The average Bonchev–Trinajstić information content (AvgIpc) is 2.81. The first-order chi connectivity index (χ1) is 9.66. The SMILES string of the molecule is CCOC(=O)c1cccc2c1CC1(CCOCC1F)O2. The lowest BCUT2D eigenvalue weighted by Gasteiger charge is -2.35. The van der Waals surface area contributed by atoms with E-state index in [2.05, 4.69) is 0 Å². The predicted molar refractivity (Wildman–Crippen MR) is 69.8 cm³/mol. The molecule has 2 atom stereocenters. The summed E-state index contributed by atoms with van der Waals surface area (Å²) in [5.74, 6) is 0.201.